The van der Waals surface area contributed by atoms with Gasteiger partial charge in [0, 0.05) is 44.0 Å². The van der Waals surface area contributed by atoms with Crippen LogP contribution in [0.5, 0.6) is 5.88 Å². The Balaban J connectivity index is 1.67. The van der Waals surface area contributed by atoms with Crippen molar-refractivity contribution < 1.29 is 9.53 Å². The zero-order chi connectivity index (χ0) is 17.1. The van der Waals surface area contributed by atoms with Crippen molar-refractivity contribution >= 4 is 11.9 Å². The Kier molecular flexibility index (Phi) is 4.64. The number of rotatable bonds is 3. The van der Waals surface area contributed by atoms with Gasteiger partial charge in [0.25, 0.3) is 5.91 Å². The van der Waals surface area contributed by atoms with Crippen molar-refractivity contribution in [3.63, 3.8) is 0 Å². The third kappa shape index (κ3) is 3.48. The molecule has 1 aromatic carbocycles. The lowest BCUT2D eigenvalue weighted by atomic mass is 10.1. The summed E-state index contributed by atoms with van der Waals surface area (Å²) in [7, 11) is 1.59. The first-order valence-corrected chi connectivity index (χ1v) is 8.06. The van der Waals surface area contributed by atoms with Crippen LogP contribution in [0.3, 0.4) is 0 Å². The number of anilines is 1. The first-order valence-electron chi connectivity index (χ1n) is 8.06. The van der Waals surface area contributed by atoms with E-state index in [-0.39, 0.29) is 5.91 Å². The minimum absolute atomic E-state index is 0.0908. The molecule has 0 atom stereocenters. The molecule has 24 heavy (non-hydrogen) atoms. The fourth-order valence-electron chi connectivity index (χ4n) is 2.99. The van der Waals surface area contributed by atoms with Crippen LogP contribution in [0.1, 0.15) is 21.5 Å². The molecular formula is C18H22N4O2. The Morgan fingerprint density at radius 1 is 1.08 bits per heavy atom. The molecule has 2 heterocycles. The van der Waals surface area contributed by atoms with Gasteiger partial charge in [0.1, 0.15) is 0 Å². The summed E-state index contributed by atoms with van der Waals surface area (Å²) in [6.07, 6.45) is 1.69. The van der Waals surface area contributed by atoms with Crippen molar-refractivity contribution in [2.45, 2.75) is 13.8 Å². The molecule has 0 aliphatic carbocycles. The molecule has 2 aromatic rings. The van der Waals surface area contributed by atoms with Crippen LogP contribution in [0.25, 0.3) is 0 Å². The van der Waals surface area contributed by atoms with E-state index in [2.05, 4.69) is 20.9 Å². The number of benzene rings is 1. The van der Waals surface area contributed by atoms with Crippen molar-refractivity contribution in [1.29, 1.82) is 0 Å². The van der Waals surface area contributed by atoms with E-state index in [9.17, 15) is 4.79 Å². The molecule has 0 radical (unpaired) electrons. The Hall–Kier alpha value is -2.63. The van der Waals surface area contributed by atoms with Crippen LogP contribution in [0.2, 0.25) is 0 Å². The van der Waals surface area contributed by atoms with Crippen LogP contribution < -0.4 is 9.64 Å². The van der Waals surface area contributed by atoms with Gasteiger partial charge in [0.15, 0.2) is 0 Å². The minimum atomic E-state index is 0.0908. The summed E-state index contributed by atoms with van der Waals surface area (Å²) in [5.41, 5.74) is 2.99. The van der Waals surface area contributed by atoms with Gasteiger partial charge >= 0.3 is 0 Å². The van der Waals surface area contributed by atoms with E-state index in [0.717, 1.165) is 16.7 Å². The van der Waals surface area contributed by atoms with Crippen molar-refractivity contribution in [2.24, 2.45) is 0 Å². The molecule has 6 nitrogen and oxygen atoms in total. The summed E-state index contributed by atoms with van der Waals surface area (Å²) < 4.78 is 5.14. The number of aromatic nitrogens is 2. The van der Waals surface area contributed by atoms with Crippen molar-refractivity contribution in [1.82, 2.24) is 14.9 Å². The van der Waals surface area contributed by atoms with Crippen LogP contribution in [0, 0.1) is 13.8 Å². The molecule has 1 aliphatic heterocycles. The number of amides is 1. The molecule has 0 N–H and O–H groups in total. The van der Waals surface area contributed by atoms with E-state index < -0.39 is 0 Å². The Bertz CT molecular complexity index is 719. The molecule has 126 valence electrons. The summed E-state index contributed by atoms with van der Waals surface area (Å²) in [5, 5.41) is 0. The third-order valence-electron chi connectivity index (χ3n) is 4.14. The number of aryl methyl sites for hydroxylation is 2. The van der Waals surface area contributed by atoms with Crippen LogP contribution in [0.15, 0.2) is 30.5 Å². The fraction of sp³-hybridized carbons (Fsp3) is 0.389. The molecular weight excluding hydrogens is 304 g/mol. The van der Waals surface area contributed by atoms with Gasteiger partial charge in [0.2, 0.25) is 11.8 Å². The zero-order valence-corrected chi connectivity index (χ0v) is 14.3. The molecule has 1 aromatic heterocycles. The summed E-state index contributed by atoms with van der Waals surface area (Å²) in [5.74, 6) is 1.29. The smallest absolute Gasteiger partial charge is 0.253 e. The highest BCUT2D eigenvalue weighted by Crippen LogP contribution is 2.17. The van der Waals surface area contributed by atoms with Gasteiger partial charge in [-0.2, -0.15) is 4.98 Å². The predicted molar refractivity (Wildman–Crippen MR) is 92.6 cm³/mol. The molecule has 1 saturated heterocycles. The first-order chi connectivity index (χ1) is 11.6. The molecule has 1 fully saturated rings. The molecule has 3 rings (SSSR count). The lowest BCUT2D eigenvalue weighted by Crippen LogP contribution is -2.49. The van der Waals surface area contributed by atoms with Crippen LogP contribution >= 0.6 is 0 Å². The Morgan fingerprint density at radius 3 is 2.38 bits per heavy atom. The molecule has 0 spiro atoms. The van der Waals surface area contributed by atoms with Gasteiger partial charge in [-0.15, -0.1) is 0 Å². The van der Waals surface area contributed by atoms with E-state index in [1.807, 2.05) is 30.9 Å². The lowest BCUT2D eigenvalue weighted by Gasteiger charge is -2.34. The van der Waals surface area contributed by atoms with Crippen LogP contribution in [-0.4, -0.2) is 54.1 Å². The topological polar surface area (TPSA) is 58.6 Å². The highest BCUT2D eigenvalue weighted by molar-refractivity contribution is 5.94. The number of ether oxygens (including phenoxy) is 1. The maximum atomic E-state index is 12.7. The lowest BCUT2D eigenvalue weighted by molar-refractivity contribution is 0.0746. The van der Waals surface area contributed by atoms with Gasteiger partial charge < -0.3 is 14.5 Å². The SMILES string of the molecule is COc1ccnc(N2CCN(C(=O)c3cc(C)cc(C)c3)CC2)n1. The summed E-state index contributed by atoms with van der Waals surface area (Å²) in [4.78, 5) is 25.3. The number of carbonyl (C=O) groups is 1. The highest BCUT2D eigenvalue weighted by Gasteiger charge is 2.23. The molecule has 1 amide bonds. The van der Waals surface area contributed by atoms with E-state index in [1.54, 1.807) is 19.4 Å². The highest BCUT2D eigenvalue weighted by atomic mass is 16.5. The average molecular weight is 326 g/mol. The van der Waals surface area contributed by atoms with Gasteiger partial charge in [-0.25, -0.2) is 4.98 Å². The van der Waals surface area contributed by atoms with Crippen LogP contribution in [-0.2, 0) is 0 Å². The second kappa shape index (κ2) is 6.86. The summed E-state index contributed by atoms with van der Waals surface area (Å²) in [6.45, 7) is 6.77. The third-order valence-corrected chi connectivity index (χ3v) is 4.14. The quantitative estimate of drug-likeness (QED) is 0.864. The maximum absolute atomic E-state index is 12.7. The first kappa shape index (κ1) is 16.2. The molecule has 0 saturated carbocycles. The summed E-state index contributed by atoms with van der Waals surface area (Å²) in [6, 6.07) is 7.71. The second-order valence-electron chi connectivity index (χ2n) is 6.05. The van der Waals surface area contributed by atoms with Gasteiger partial charge in [-0.05, 0) is 26.0 Å². The number of hydrogen-bond donors (Lipinski definition) is 0. The number of carbonyl (C=O) groups excluding carboxylic acids is 1. The van der Waals surface area contributed by atoms with Gasteiger partial charge in [-0.1, -0.05) is 17.2 Å². The van der Waals surface area contributed by atoms with Gasteiger partial charge in [-0.3, -0.25) is 4.79 Å². The largest absolute Gasteiger partial charge is 0.481 e. The second-order valence-corrected chi connectivity index (χ2v) is 6.05. The number of piperazine rings is 1. The molecule has 1 aliphatic rings. The predicted octanol–water partition coefficient (Wildman–Crippen LogP) is 2.06. The monoisotopic (exact) mass is 326 g/mol. The normalized spacial score (nSPS) is 14.6. The van der Waals surface area contributed by atoms with E-state index >= 15 is 0 Å². The molecule has 0 bridgehead atoms. The van der Waals surface area contributed by atoms with Crippen molar-refractivity contribution in [3.05, 3.63) is 47.2 Å². The molecule has 6 heteroatoms. The summed E-state index contributed by atoms with van der Waals surface area (Å²) >= 11 is 0. The molecule has 0 unspecified atom stereocenters. The van der Waals surface area contributed by atoms with Gasteiger partial charge in [0.05, 0.1) is 7.11 Å². The standard InChI is InChI=1S/C18H22N4O2/c1-13-10-14(2)12-15(11-13)17(23)21-6-8-22(9-7-21)18-19-5-4-16(20-18)24-3/h4-5,10-12H,6-9H2,1-3H3. The number of nitrogens with zero attached hydrogens (tertiary/aromatic N) is 4. The van der Waals surface area contributed by atoms with E-state index in [1.165, 1.54) is 0 Å². The number of methoxy groups -OCH3 is 1. The number of hydrogen-bond acceptors (Lipinski definition) is 5. The Morgan fingerprint density at radius 2 is 1.75 bits per heavy atom. The van der Waals surface area contributed by atoms with Crippen molar-refractivity contribution in [3.8, 4) is 5.88 Å². The van der Waals surface area contributed by atoms with Crippen molar-refractivity contribution in [2.75, 3.05) is 38.2 Å². The van der Waals surface area contributed by atoms with E-state index in [0.29, 0.717) is 38.0 Å². The fourth-order valence-corrected chi connectivity index (χ4v) is 2.99. The Labute approximate surface area is 142 Å². The van der Waals surface area contributed by atoms with E-state index in [4.69, 9.17) is 4.74 Å². The zero-order valence-electron chi connectivity index (χ0n) is 14.3. The minimum Gasteiger partial charge on any atom is -0.481 e. The maximum Gasteiger partial charge on any atom is 0.253 e. The average Bonchev–Trinajstić information content (AvgIpc) is 2.60. The van der Waals surface area contributed by atoms with Crippen LogP contribution in [0.4, 0.5) is 5.95 Å².